The summed E-state index contributed by atoms with van der Waals surface area (Å²) in [5, 5.41) is 0. The Morgan fingerprint density at radius 3 is 2.40 bits per heavy atom. The van der Waals surface area contributed by atoms with Crippen LogP contribution in [0.3, 0.4) is 0 Å². The van der Waals surface area contributed by atoms with Crippen molar-refractivity contribution in [3.8, 4) is 0 Å². The van der Waals surface area contributed by atoms with Gasteiger partial charge in [0.05, 0.1) is 0 Å². The highest BCUT2D eigenvalue weighted by molar-refractivity contribution is 5.73. The van der Waals surface area contributed by atoms with Crippen LogP contribution >= 0.6 is 0 Å². The first kappa shape index (κ1) is 15.6. The summed E-state index contributed by atoms with van der Waals surface area (Å²) in [5.41, 5.74) is 5.96. The molecular weight excluding hydrogens is 252 g/mol. The molecule has 116 valence electrons. The number of hydrogen-bond acceptors (Lipinski definition) is 3. The van der Waals surface area contributed by atoms with Crippen LogP contribution < -0.4 is 5.73 Å². The maximum absolute atomic E-state index is 12.0. The summed E-state index contributed by atoms with van der Waals surface area (Å²) in [6.07, 6.45) is 4.69. The molecule has 0 aromatic heterocycles. The molecule has 20 heavy (non-hydrogen) atoms. The summed E-state index contributed by atoms with van der Waals surface area (Å²) in [5.74, 6) is 0.801. The van der Waals surface area contributed by atoms with Gasteiger partial charge in [0.25, 0.3) is 0 Å². The van der Waals surface area contributed by atoms with Crippen LogP contribution in [0.5, 0.6) is 0 Å². The first-order valence-corrected chi connectivity index (χ1v) is 7.95. The lowest BCUT2D eigenvalue weighted by Crippen LogP contribution is -2.55. The molecule has 5 heteroatoms. The minimum absolute atomic E-state index is 0.145. The van der Waals surface area contributed by atoms with Crippen LogP contribution in [0.2, 0.25) is 0 Å². The quantitative estimate of drug-likeness (QED) is 0.828. The first-order chi connectivity index (χ1) is 9.52. The van der Waals surface area contributed by atoms with E-state index in [2.05, 4.69) is 11.8 Å². The summed E-state index contributed by atoms with van der Waals surface area (Å²) < 4.78 is 0. The summed E-state index contributed by atoms with van der Waals surface area (Å²) in [6.45, 7) is 6.03. The average Bonchev–Trinajstić information content (AvgIpc) is 2.46. The summed E-state index contributed by atoms with van der Waals surface area (Å²) in [7, 11) is 3.65. The van der Waals surface area contributed by atoms with Crippen LogP contribution in [-0.2, 0) is 0 Å². The SMILES string of the molecule is CC1CCN(C2CCN(C(=O)N(C)C)CC2)C(CN)C1. The maximum atomic E-state index is 12.0. The molecule has 2 aliphatic rings. The number of nitrogens with zero attached hydrogens (tertiary/aromatic N) is 3. The fourth-order valence-electron chi connectivity index (χ4n) is 3.65. The number of nitrogens with two attached hydrogens (primary N) is 1. The van der Waals surface area contributed by atoms with E-state index < -0.39 is 0 Å². The fourth-order valence-corrected chi connectivity index (χ4v) is 3.65. The van der Waals surface area contributed by atoms with Crippen molar-refractivity contribution in [1.82, 2.24) is 14.7 Å². The second-order valence-corrected chi connectivity index (χ2v) is 6.65. The summed E-state index contributed by atoms with van der Waals surface area (Å²) >= 11 is 0. The minimum Gasteiger partial charge on any atom is -0.331 e. The molecule has 2 aliphatic heterocycles. The Labute approximate surface area is 123 Å². The third kappa shape index (κ3) is 3.44. The van der Waals surface area contributed by atoms with Crippen molar-refractivity contribution in [1.29, 1.82) is 0 Å². The normalized spacial score (nSPS) is 29.5. The third-order valence-electron chi connectivity index (χ3n) is 4.88. The van der Waals surface area contributed by atoms with Gasteiger partial charge in [-0.1, -0.05) is 6.92 Å². The van der Waals surface area contributed by atoms with Crippen molar-refractivity contribution < 1.29 is 4.79 Å². The Kier molecular flexibility index (Phi) is 5.27. The lowest BCUT2D eigenvalue weighted by Gasteiger charge is -2.46. The van der Waals surface area contributed by atoms with Crippen molar-refractivity contribution in [2.24, 2.45) is 11.7 Å². The lowest BCUT2D eigenvalue weighted by molar-refractivity contribution is 0.0430. The van der Waals surface area contributed by atoms with Gasteiger partial charge < -0.3 is 15.5 Å². The Bertz CT molecular complexity index is 326. The lowest BCUT2D eigenvalue weighted by atomic mass is 9.89. The van der Waals surface area contributed by atoms with E-state index in [4.69, 9.17) is 5.73 Å². The highest BCUT2D eigenvalue weighted by Gasteiger charge is 2.33. The molecule has 2 atom stereocenters. The standard InChI is InChI=1S/C15H30N4O/c1-12-4-9-19(14(10-12)11-16)13-5-7-18(8-6-13)15(20)17(2)3/h12-14H,4-11,16H2,1-3H3. The van der Waals surface area contributed by atoms with Gasteiger partial charge in [0.1, 0.15) is 0 Å². The largest absolute Gasteiger partial charge is 0.331 e. The van der Waals surface area contributed by atoms with E-state index in [9.17, 15) is 4.79 Å². The number of rotatable bonds is 2. The van der Waals surface area contributed by atoms with Crippen LogP contribution in [0.4, 0.5) is 4.79 Å². The zero-order valence-corrected chi connectivity index (χ0v) is 13.2. The van der Waals surface area contributed by atoms with Crippen molar-refractivity contribution in [3.05, 3.63) is 0 Å². The van der Waals surface area contributed by atoms with Crippen LogP contribution in [0, 0.1) is 5.92 Å². The van der Waals surface area contributed by atoms with Gasteiger partial charge in [-0.15, -0.1) is 0 Å². The molecule has 2 N–H and O–H groups in total. The Balaban J connectivity index is 1.88. The van der Waals surface area contributed by atoms with Crippen LogP contribution in [0.25, 0.3) is 0 Å². The van der Waals surface area contributed by atoms with Crippen LogP contribution in [0.1, 0.15) is 32.6 Å². The van der Waals surface area contributed by atoms with Crippen molar-refractivity contribution in [3.63, 3.8) is 0 Å². The number of amides is 2. The van der Waals surface area contributed by atoms with E-state index in [0.29, 0.717) is 12.1 Å². The average molecular weight is 282 g/mol. The number of carbonyl (C=O) groups is 1. The molecule has 2 fully saturated rings. The number of likely N-dealkylation sites (tertiary alicyclic amines) is 2. The van der Waals surface area contributed by atoms with E-state index in [1.807, 2.05) is 19.0 Å². The molecule has 2 saturated heterocycles. The van der Waals surface area contributed by atoms with Gasteiger partial charge in [-0.05, 0) is 38.1 Å². The number of piperidine rings is 2. The van der Waals surface area contributed by atoms with E-state index >= 15 is 0 Å². The van der Waals surface area contributed by atoms with Crippen LogP contribution in [0.15, 0.2) is 0 Å². The number of urea groups is 1. The molecule has 0 radical (unpaired) electrons. The monoisotopic (exact) mass is 282 g/mol. The van der Waals surface area contributed by atoms with Crippen LogP contribution in [-0.4, -0.2) is 73.1 Å². The number of hydrogen-bond donors (Lipinski definition) is 1. The minimum atomic E-state index is 0.145. The topological polar surface area (TPSA) is 52.8 Å². The molecule has 2 heterocycles. The molecule has 0 saturated carbocycles. The first-order valence-electron chi connectivity index (χ1n) is 7.95. The Hall–Kier alpha value is -0.810. The van der Waals surface area contributed by atoms with Crippen molar-refractivity contribution in [2.45, 2.75) is 44.7 Å². The molecule has 0 aromatic carbocycles. The predicted octanol–water partition coefficient (Wildman–Crippen LogP) is 1.19. The van der Waals surface area contributed by atoms with Gasteiger partial charge in [-0.2, -0.15) is 0 Å². The summed E-state index contributed by atoms with van der Waals surface area (Å²) in [4.78, 5) is 18.2. The summed E-state index contributed by atoms with van der Waals surface area (Å²) in [6, 6.07) is 1.30. The Morgan fingerprint density at radius 1 is 1.20 bits per heavy atom. The Morgan fingerprint density at radius 2 is 1.85 bits per heavy atom. The van der Waals surface area contributed by atoms with E-state index in [0.717, 1.165) is 38.4 Å². The van der Waals surface area contributed by atoms with Gasteiger partial charge >= 0.3 is 6.03 Å². The van der Waals surface area contributed by atoms with E-state index in [1.54, 1.807) is 4.90 Å². The smallest absolute Gasteiger partial charge is 0.319 e. The fraction of sp³-hybridized carbons (Fsp3) is 0.933. The molecule has 0 aliphatic carbocycles. The number of carbonyl (C=O) groups excluding carboxylic acids is 1. The van der Waals surface area contributed by atoms with E-state index in [1.165, 1.54) is 19.4 Å². The predicted molar refractivity (Wildman–Crippen MR) is 81.6 cm³/mol. The second-order valence-electron chi connectivity index (χ2n) is 6.65. The third-order valence-corrected chi connectivity index (χ3v) is 4.88. The second kappa shape index (κ2) is 6.76. The zero-order valence-electron chi connectivity index (χ0n) is 13.2. The molecule has 0 aromatic rings. The van der Waals surface area contributed by atoms with Gasteiger partial charge in [0.15, 0.2) is 0 Å². The molecule has 5 nitrogen and oxygen atoms in total. The molecule has 0 bridgehead atoms. The van der Waals surface area contributed by atoms with Crippen molar-refractivity contribution in [2.75, 3.05) is 40.3 Å². The van der Waals surface area contributed by atoms with Crippen molar-refractivity contribution >= 4 is 6.03 Å². The van der Waals surface area contributed by atoms with Gasteiger partial charge in [0, 0.05) is 45.8 Å². The highest BCUT2D eigenvalue weighted by atomic mass is 16.2. The highest BCUT2D eigenvalue weighted by Crippen LogP contribution is 2.28. The molecule has 2 rings (SSSR count). The maximum Gasteiger partial charge on any atom is 0.319 e. The van der Waals surface area contributed by atoms with Gasteiger partial charge in [-0.25, -0.2) is 4.79 Å². The van der Waals surface area contributed by atoms with Gasteiger partial charge in [-0.3, -0.25) is 4.90 Å². The molecule has 0 spiro atoms. The molecule has 2 amide bonds. The molecule has 2 unspecified atom stereocenters. The molecular formula is C15H30N4O. The zero-order chi connectivity index (χ0) is 14.7. The van der Waals surface area contributed by atoms with Gasteiger partial charge in [0.2, 0.25) is 0 Å². The van der Waals surface area contributed by atoms with E-state index in [-0.39, 0.29) is 6.03 Å².